The Hall–Kier alpha value is -0.850. The summed E-state index contributed by atoms with van der Waals surface area (Å²) >= 11 is 0. The Bertz CT molecular complexity index is 233. The van der Waals surface area contributed by atoms with Gasteiger partial charge in [-0.2, -0.15) is 0 Å². The summed E-state index contributed by atoms with van der Waals surface area (Å²) in [5.74, 6) is 0.325. The van der Waals surface area contributed by atoms with Gasteiger partial charge < -0.3 is 0 Å². The van der Waals surface area contributed by atoms with Crippen molar-refractivity contribution in [2.45, 2.75) is 33.1 Å². The van der Waals surface area contributed by atoms with Gasteiger partial charge in [0.1, 0.15) is 0 Å². The molecule has 1 aliphatic carbocycles. The van der Waals surface area contributed by atoms with Crippen LogP contribution in [0.5, 0.6) is 0 Å². The Kier molecular flexibility index (Phi) is 2.28. The summed E-state index contributed by atoms with van der Waals surface area (Å²) in [5, 5.41) is 0. The van der Waals surface area contributed by atoms with Gasteiger partial charge in [-0.3, -0.25) is 4.79 Å². The number of carbonyl (C=O) groups excluding carboxylic acids is 1. The molecule has 0 radical (unpaired) electrons. The molecule has 0 unspecified atom stereocenters. The Balaban J connectivity index is 2.75. The van der Waals surface area contributed by atoms with Crippen molar-refractivity contribution < 1.29 is 4.79 Å². The third-order valence-electron chi connectivity index (χ3n) is 2.06. The average Bonchev–Trinajstić information content (AvgIpc) is 2.18. The standard InChI is InChI=1S/C10H14O/c1-7(2)6-9-8(3)4-5-10(9)11/h1,4-6H2,2-3H3. The lowest BCUT2D eigenvalue weighted by Gasteiger charge is -2.00. The van der Waals surface area contributed by atoms with Crippen molar-refractivity contribution in [1.82, 2.24) is 0 Å². The van der Waals surface area contributed by atoms with E-state index in [0.29, 0.717) is 12.2 Å². The van der Waals surface area contributed by atoms with Gasteiger partial charge in [-0.15, -0.1) is 0 Å². The number of allylic oxidation sites excluding steroid dienone is 3. The van der Waals surface area contributed by atoms with Crippen LogP contribution < -0.4 is 0 Å². The Morgan fingerprint density at radius 1 is 1.55 bits per heavy atom. The second-order valence-corrected chi connectivity index (χ2v) is 3.32. The minimum atomic E-state index is 0.325. The zero-order valence-electron chi connectivity index (χ0n) is 7.24. The molecule has 0 fully saturated rings. The lowest BCUT2D eigenvalue weighted by Crippen LogP contribution is -1.96. The lowest BCUT2D eigenvalue weighted by atomic mass is 10.0. The van der Waals surface area contributed by atoms with E-state index in [9.17, 15) is 4.79 Å². The number of hydrogen-bond acceptors (Lipinski definition) is 1. The number of carbonyl (C=O) groups is 1. The van der Waals surface area contributed by atoms with Gasteiger partial charge in [-0.1, -0.05) is 17.7 Å². The highest BCUT2D eigenvalue weighted by Crippen LogP contribution is 2.26. The molecule has 0 saturated heterocycles. The van der Waals surface area contributed by atoms with Crippen LogP contribution in [0.15, 0.2) is 23.3 Å². The van der Waals surface area contributed by atoms with Crippen LogP contribution in [0.1, 0.15) is 33.1 Å². The summed E-state index contributed by atoms with van der Waals surface area (Å²) in [4.78, 5) is 11.2. The third kappa shape index (κ3) is 1.79. The van der Waals surface area contributed by atoms with Crippen molar-refractivity contribution in [2.75, 3.05) is 0 Å². The molecule has 1 aliphatic rings. The minimum absolute atomic E-state index is 0.325. The molecule has 0 aromatic rings. The summed E-state index contributed by atoms with van der Waals surface area (Å²) in [5.41, 5.74) is 3.35. The van der Waals surface area contributed by atoms with E-state index >= 15 is 0 Å². The molecule has 0 heterocycles. The molecule has 0 aromatic heterocycles. The second kappa shape index (κ2) is 3.04. The average molecular weight is 150 g/mol. The van der Waals surface area contributed by atoms with Crippen LogP contribution in [-0.2, 0) is 4.79 Å². The number of ketones is 1. The van der Waals surface area contributed by atoms with Gasteiger partial charge in [0.25, 0.3) is 0 Å². The first-order valence-corrected chi connectivity index (χ1v) is 3.97. The van der Waals surface area contributed by atoms with Crippen LogP contribution in [0.2, 0.25) is 0 Å². The molecule has 0 aromatic carbocycles. The maximum Gasteiger partial charge on any atom is 0.159 e. The fourth-order valence-electron chi connectivity index (χ4n) is 1.39. The molecule has 1 rings (SSSR count). The van der Waals surface area contributed by atoms with Crippen LogP contribution >= 0.6 is 0 Å². The second-order valence-electron chi connectivity index (χ2n) is 3.32. The SMILES string of the molecule is C=C(C)CC1=C(C)CCC1=O. The molecule has 0 bridgehead atoms. The quantitative estimate of drug-likeness (QED) is 0.553. The Labute approximate surface area is 67.8 Å². The van der Waals surface area contributed by atoms with Gasteiger partial charge in [-0.25, -0.2) is 0 Å². The maximum atomic E-state index is 11.2. The van der Waals surface area contributed by atoms with Gasteiger partial charge in [-0.05, 0) is 32.3 Å². The first kappa shape index (κ1) is 8.25. The van der Waals surface area contributed by atoms with Gasteiger partial charge in [0, 0.05) is 6.42 Å². The molecule has 1 nitrogen and oxygen atoms in total. The predicted octanol–water partition coefficient (Wildman–Crippen LogP) is 2.63. The molecular weight excluding hydrogens is 136 g/mol. The first-order valence-electron chi connectivity index (χ1n) is 3.97. The van der Waals surface area contributed by atoms with Crippen molar-refractivity contribution in [3.8, 4) is 0 Å². The summed E-state index contributed by atoms with van der Waals surface area (Å²) in [7, 11) is 0. The summed E-state index contributed by atoms with van der Waals surface area (Å²) in [6.45, 7) is 7.81. The van der Waals surface area contributed by atoms with Gasteiger partial charge in [0.05, 0.1) is 0 Å². The van der Waals surface area contributed by atoms with Crippen molar-refractivity contribution in [3.63, 3.8) is 0 Å². The Morgan fingerprint density at radius 2 is 2.18 bits per heavy atom. The molecule has 0 N–H and O–H groups in total. The van der Waals surface area contributed by atoms with Crippen molar-refractivity contribution in [3.05, 3.63) is 23.3 Å². The molecule has 0 atom stereocenters. The predicted molar refractivity (Wildman–Crippen MR) is 46.4 cm³/mol. The molecular formula is C10H14O. The van der Waals surface area contributed by atoms with E-state index in [2.05, 4.69) is 6.58 Å². The highest BCUT2D eigenvalue weighted by atomic mass is 16.1. The fourth-order valence-corrected chi connectivity index (χ4v) is 1.39. The monoisotopic (exact) mass is 150 g/mol. The minimum Gasteiger partial charge on any atom is -0.295 e. The van der Waals surface area contributed by atoms with E-state index in [-0.39, 0.29) is 0 Å². The van der Waals surface area contributed by atoms with Crippen molar-refractivity contribution >= 4 is 5.78 Å². The summed E-state index contributed by atoms with van der Waals surface area (Å²) < 4.78 is 0. The van der Waals surface area contributed by atoms with E-state index in [1.165, 1.54) is 5.57 Å². The molecule has 0 spiro atoms. The van der Waals surface area contributed by atoms with Crippen molar-refractivity contribution in [1.29, 1.82) is 0 Å². The molecule has 1 heteroatoms. The summed E-state index contributed by atoms with van der Waals surface area (Å²) in [6, 6.07) is 0. The third-order valence-corrected chi connectivity index (χ3v) is 2.06. The smallest absolute Gasteiger partial charge is 0.159 e. The molecule has 0 aliphatic heterocycles. The van der Waals surface area contributed by atoms with E-state index in [1.807, 2.05) is 13.8 Å². The fraction of sp³-hybridized carbons (Fsp3) is 0.500. The highest BCUT2D eigenvalue weighted by Gasteiger charge is 2.19. The zero-order valence-corrected chi connectivity index (χ0v) is 7.24. The zero-order chi connectivity index (χ0) is 8.43. The normalized spacial score (nSPS) is 17.8. The van der Waals surface area contributed by atoms with Crippen LogP contribution in [0.3, 0.4) is 0 Å². The Morgan fingerprint density at radius 3 is 2.55 bits per heavy atom. The van der Waals surface area contributed by atoms with Gasteiger partial charge >= 0.3 is 0 Å². The van der Waals surface area contributed by atoms with Crippen LogP contribution in [-0.4, -0.2) is 5.78 Å². The van der Waals surface area contributed by atoms with Crippen molar-refractivity contribution in [2.24, 2.45) is 0 Å². The molecule has 0 amide bonds. The first-order chi connectivity index (χ1) is 5.11. The van der Waals surface area contributed by atoms with Crippen LogP contribution in [0.25, 0.3) is 0 Å². The largest absolute Gasteiger partial charge is 0.295 e. The number of hydrogen-bond donors (Lipinski definition) is 0. The molecule has 11 heavy (non-hydrogen) atoms. The van der Waals surface area contributed by atoms with Gasteiger partial charge in [0.2, 0.25) is 0 Å². The topological polar surface area (TPSA) is 17.1 Å². The molecule has 0 saturated carbocycles. The van der Waals surface area contributed by atoms with Crippen LogP contribution in [0, 0.1) is 0 Å². The lowest BCUT2D eigenvalue weighted by molar-refractivity contribution is -0.115. The van der Waals surface area contributed by atoms with E-state index < -0.39 is 0 Å². The highest BCUT2D eigenvalue weighted by molar-refractivity contribution is 5.98. The van der Waals surface area contributed by atoms with E-state index in [4.69, 9.17) is 0 Å². The maximum absolute atomic E-state index is 11.2. The van der Waals surface area contributed by atoms with E-state index in [0.717, 1.165) is 24.0 Å². The van der Waals surface area contributed by atoms with Gasteiger partial charge in [0.15, 0.2) is 5.78 Å². The number of rotatable bonds is 2. The molecule has 60 valence electrons. The number of Topliss-reactive ketones (excluding diaryl/α,β-unsaturated/α-hetero) is 1. The van der Waals surface area contributed by atoms with Crippen LogP contribution in [0.4, 0.5) is 0 Å². The summed E-state index contributed by atoms with van der Waals surface area (Å²) in [6.07, 6.45) is 2.46. The van der Waals surface area contributed by atoms with E-state index in [1.54, 1.807) is 0 Å².